The number of carbonyl (C=O) groups is 2. The highest BCUT2D eigenvalue weighted by Crippen LogP contribution is 2.16. The lowest BCUT2D eigenvalue weighted by Gasteiger charge is -2.17. The van der Waals surface area contributed by atoms with E-state index in [2.05, 4.69) is 5.32 Å². The fourth-order valence-electron chi connectivity index (χ4n) is 2.52. The molecule has 0 aliphatic rings. The number of aliphatic carboxylic acids is 1. The first-order chi connectivity index (χ1) is 12.3. The summed E-state index contributed by atoms with van der Waals surface area (Å²) in [5.41, 5.74) is 1.29. The average molecular weight is 377 g/mol. The number of halogens is 1. The summed E-state index contributed by atoms with van der Waals surface area (Å²) < 4.78 is 0. The number of carboxylic acid groups (broad SMARTS) is 1. The van der Waals surface area contributed by atoms with E-state index in [0.717, 1.165) is 0 Å². The van der Waals surface area contributed by atoms with Gasteiger partial charge in [-0.05, 0) is 23.6 Å². The number of hydrogen-bond acceptors (Lipinski definition) is 4. The summed E-state index contributed by atoms with van der Waals surface area (Å²) in [7, 11) is 0. The third-order valence-electron chi connectivity index (χ3n) is 3.72. The molecule has 0 fully saturated rings. The van der Waals surface area contributed by atoms with Gasteiger partial charge in [0.2, 0.25) is 5.91 Å². The van der Waals surface area contributed by atoms with Gasteiger partial charge in [-0.15, -0.1) is 0 Å². The Morgan fingerprint density at radius 3 is 2.38 bits per heavy atom. The van der Waals surface area contributed by atoms with Gasteiger partial charge < -0.3 is 10.4 Å². The smallest absolute Gasteiger partial charge is 0.305 e. The minimum atomic E-state index is -1.05. The van der Waals surface area contributed by atoms with Gasteiger partial charge in [-0.2, -0.15) is 0 Å². The largest absolute Gasteiger partial charge is 0.481 e. The van der Waals surface area contributed by atoms with Crippen molar-refractivity contribution in [2.45, 2.75) is 25.3 Å². The second-order valence-electron chi connectivity index (χ2n) is 5.76. The molecule has 2 aromatic rings. The molecule has 2 aromatic carbocycles. The number of hydrogen-bond donors (Lipinski definition) is 2. The number of benzene rings is 2. The molecule has 2 N–H and O–H groups in total. The normalized spacial score (nSPS) is 11.6. The first-order valence-corrected chi connectivity index (χ1v) is 8.21. The highest BCUT2D eigenvalue weighted by Gasteiger charge is 2.18. The van der Waals surface area contributed by atoms with Crippen LogP contribution in [0.1, 0.15) is 17.5 Å². The summed E-state index contributed by atoms with van der Waals surface area (Å²) in [5.74, 6) is -1.39. The number of nitro groups is 1. The molecule has 0 bridgehead atoms. The number of nitro benzene ring substituents is 1. The predicted octanol–water partition coefficient (Wildman–Crippen LogP) is 2.99. The van der Waals surface area contributed by atoms with Gasteiger partial charge in [0.15, 0.2) is 0 Å². The number of nitrogens with zero attached hydrogens (tertiary/aromatic N) is 1. The summed E-state index contributed by atoms with van der Waals surface area (Å²) in [6.45, 7) is 0. The molecule has 0 spiro atoms. The van der Waals surface area contributed by atoms with Crippen LogP contribution in [-0.2, 0) is 22.4 Å². The topological polar surface area (TPSA) is 110 Å². The molecule has 2 rings (SSSR count). The lowest BCUT2D eigenvalue weighted by Crippen LogP contribution is -2.39. The van der Waals surface area contributed by atoms with Crippen molar-refractivity contribution in [2.75, 3.05) is 0 Å². The predicted molar refractivity (Wildman–Crippen MR) is 96.1 cm³/mol. The number of carbonyl (C=O) groups excluding carboxylic acids is 1. The Labute approximate surface area is 154 Å². The van der Waals surface area contributed by atoms with E-state index < -0.39 is 16.9 Å². The molecule has 1 atom stereocenters. The van der Waals surface area contributed by atoms with Crippen molar-refractivity contribution in [2.24, 2.45) is 0 Å². The molecule has 136 valence electrons. The minimum absolute atomic E-state index is 0.0378. The van der Waals surface area contributed by atoms with Gasteiger partial charge in [0.1, 0.15) is 0 Å². The Bertz CT molecular complexity index is 807. The van der Waals surface area contributed by atoms with Crippen molar-refractivity contribution in [3.05, 3.63) is 74.8 Å². The molecule has 0 aliphatic carbocycles. The van der Waals surface area contributed by atoms with E-state index in [1.807, 2.05) is 0 Å². The van der Waals surface area contributed by atoms with Crippen LogP contribution >= 0.6 is 11.6 Å². The molecule has 0 aromatic heterocycles. The Kier molecular flexibility index (Phi) is 6.68. The van der Waals surface area contributed by atoms with Crippen LogP contribution in [0.3, 0.4) is 0 Å². The van der Waals surface area contributed by atoms with E-state index in [0.29, 0.717) is 16.1 Å². The summed E-state index contributed by atoms with van der Waals surface area (Å²) in [6, 6.07) is 12.1. The number of carboxylic acids is 1. The van der Waals surface area contributed by atoms with Crippen LogP contribution < -0.4 is 5.32 Å². The lowest BCUT2D eigenvalue weighted by atomic mass is 10.0. The van der Waals surface area contributed by atoms with E-state index in [9.17, 15) is 19.7 Å². The Hall–Kier alpha value is -2.93. The second kappa shape index (κ2) is 8.96. The molecule has 8 heteroatoms. The first kappa shape index (κ1) is 19.4. The first-order valence-electron chi connectivity index (χ1n) is 7.83. The Morgan fingerprint density at radius 1 is 1.15 bits per heavy atom. The maximum atomic E-state index is 12.2. The van der Waals surface area contributed by atoms with E-state index in [4.69, 9.17) is 16.7 Å². The van der Waals surface area contributed by atoms with Crippen LogP contribution in [0.5, 0.6) is 0 Å². The van der Waals surface area contributed by atoms with Crippen molar-refractivity contribution in [1.82, 2.24) is 5.32 Å². The van der Waals surface area contributed by atoms with E-state index in [1.54, 1.807) is 36.4 Å². The van der Waals surface area contributed by atoms with Gasteiger partial charge in [0.25, 0.3) is 5.69 Å². The van der Waals surface area contributed by atoms with Gasteiger partial charge in [0.05, 0.1) is 17.8 Å². The number of non-ortho nitro benzene ring substituents is 1. The Morgan fingerprint density at radius 2 is 1.81 bits per heavy atom. The molecule has 0 heterocycles. The monoisotopic (exact) mass is 376 g/mol. The van der Waals surface area contributed by atoms with Crippen LogP contribution in [0.25, 0.3) is 0 Å². The van der Waals surface area contributed by atoms with Crippen molar-refractivity contribution >= 4 is 29.2 Å². The number of rotatable bonds is 8. The minimum Gasteiger partial charge on any atom is -0.481 e. The molecular weight excluding hydrogens is 360 g/mol. The molecule has 0 aliphatic heterocycles. The summed E-state index contributed by atoms with van der Waals surface area (Å²) in [4.78, 5) is 33.5. The van der Waals surface area contributed by atoms with E-state index in [-0.39, 0.29) is 30.9 Å². The van der Waals surface area contributed by atoms with Crippen LogP contribution in [0.15, 0.2) is 48.5 Å². The molecule has 0 unspecified atom stereocenters. The van der Waals surface area contributed by atoms with Crippen LogP contribution in [0.2, 0.25) is 5.02 Å². The summed E-state index contributed by atoms with van der Waals surface area (Å²) in [6.07, 6.45) is 0.0276. The molecule has 0 radical (unpaired) electrons. The quantitative estimate of drug-likeness (QED) is 0.543. The Balaban J connectivity index is 2.04. The van der Waals surface area contributed by atoms with Gasteiger partial charge in [-0.1, -0.05) is 41.9 Å². The third-order valence-corrected chi connectivity index (χ3v) is 4.09. The van der Waals surface area contributed by atoms with Gasteiger partial charge in [-0.3, -0.25) is 19.7 Å². The second-order valence-corrected chi connectivity index (χ2v) is 6.17. The third kappa shape index (κ3) is 5.86. The summed E-state index contributed by atoms with van der Waals surface area (Å²) in [5, 5.41) is 22.9. The average Bonchev–Trinajstić information content (AvgIpc) is 2.56. The molecule has 7 nitrogen and oxygen atoms in total. The van der Waals surface area contributed by atoms with E-state index >= 15 is 0 Å². The number of nitrogens with one attached hydrogen (secondary N) is 1. The van der Waals surface area contributed by atoms with Gasteiger partial charge in [-0.25, -0.2) is 0 Å². The lowest BCUT2D eigenvalue weighted by molar-refractivity contribution is -0.384. The maximum absolute atomic E-state index is 12.2. The van der Waals surface area contributed by atoms with Crippen molar-refractivity contribution < 1.29 is 19.6 Å². The zero-order chi connectivity index (χ0) is 19.1. The molecule has 26 heavy (non-hydrogen) atoms. The molecule has 0 saturated heterocycles. The molecular formula is C18H17ClN2O5. The standard InChI is InChI=1S/C18H17ClN2O5/c19-16-4-2-1-3-13(16)10-17(22)20-14(11-18(23)24)9-12-5-7-15(8-6-12)21(25)26/h1-8,14H,9-11H2,(H,20,22)(H,23,24)/t14-/m0/s1. The van der Waals surface area contributed by atoms with Crippen molar-refractivity contribution in [3.63, 3.8) is 0 Å². The zero-order valence-corrected chi connectivity index (χ0v) is 14.5. The SMILES string of the molecule is O=C(O)C[C@H](Cc1ccc([N+](=O)[O-])cc1)NC(=O)Cc1ccccc1Cl. The van der Waals surface area contributed by atoms with Crippen molar-refractivity contribution in [3.8, 4) is 0 Å². The number of amides is 1. The van der Waals surface area contributed by atoms with Crippen LogP contribution in [0.4, 0.5) is 5.69 Å². The van der Waals surface area contributed by atoms with E-state index in [1.165, 1.54) is 12.1 Å². The highest BCUT2D eigenvalue weighted by atomic mass is 35.5. The van der Waals surface area contributed by atoms with Crippen LogP contribution in [0, 0.1) is 10.1 Å². The van der Waals surface area contributed by atoms with Gasteiger partial charge >= 0.3 is 5.97 Å². The van der Waals surface area contributed by atoms with Gasteiger partial charge in [0, 0.05) is 23.2 Å². The zero-order valence-electron chi connectivity index (χ0n) is 13.7. The molecule has 1 amide bonds. The fraction of sp³-hybridized carbons (Fsp3) is 0.222. The van der Waals surface area contributed by atoms with Crippen molar-refractivity contribution in [1.29, 1.82) is 0 Å². The highest BCUT2D eigenvalue weighted by molar-refractivity contribution is 6.31. The molecule has 0 saturated carbocycles. The maximum Gasteiger partial charge on any atom is 0.305 e. The fourth-order valence-corrected chi connectivity index (χ4v) is 2.72. The van der Waals surface area contributed by atoms with Crippen LogP contribution in [-0.4, -0.2) is 27.9 Å². The summed E-state index contributed by atoms with van der Waals surface area (Å²) >= 11 is 6.03.